The lowest BCUT2D eigenvalue weighted by Crippen LogP contribution is -2.12. The molecule has 0 amide bonds. The number of rotatable bonds is 6. The smallest absolute Gasteiger partial charge is 0.150 e. The van der Waals surface area contributed by atoms with E-state index in [4.69, 9.17) is 0 Å². The first-order valence-electron chi connectivity index (χ1n) is 11.3. The molecule has 1 aromatic heterocycles. The summed E-state index contributed by atoms with van der Waals surface area (Å²) in [6.07, 6.45) is 0.877. The van der Waals surface area contributed by atoms with E-state index in [1.54, 1.807) is 11.3 Å². The highest BCUT2D eigenvalue weighted by Crippen LogP contribution is 2.40. The van der Waals surface area contributed by atoms with Crippen LogP contribution in [0.1, 0.15) is 21.5 Å². The van der Waals surface area contributed by atoms with Crippen LogP contribution in [0.4, 0.5) is 17.1 Å². The third kappa shape index (κ3) is 4.30. The number of thiophene rings is 1. The maximum absolute atomic E-state index is 10.9. The van der Waals surface area contributed by atoms with Crippen molar-refractivity contribution in [3.63, 3.8) is 0 Å². The lowest BCUT2D eigenvalue weighted by molar-refractivity contribution is 0.112. The Labute approximate surface area is 204 Å². The molecular weight excluding hydrogens is 434 g/mol. The number of nitrogens with zero attached hydrogens (tertiary/aromatic N) is 1. The summed E-state index contributed by atoms with van der Waals surface area (Å²) in [4.78, 5) is 15.7. The Morgan fingerprint density at radius 3 is 1.53 bits per heavy atom. The van der Waals surface area contributed by atoms with Crippen molar-refractivity contribution in [2.45, 2.75) is 13.8 Å². The minimum absolute atomic E-state index is 0.697. The van der Waals surface area contributed by atoms with Gasteiger partial charge in [0.25, 0.3) is 0 Å². The fourth-order valence-corrected chi connectivity index (χ4v) is 5.20. The molecule has 34 heavy (non-hydrogen) atoms. The van der Waals surface area contributed by atoms with Gasteiger partial charge in [-0.05, 0) is 72.5 Å². The highest BCUT2D eigenvalue weighted by Gasteiger charge is 2.16. The van der Waals surface area contributed by atoms with E-state index in [0.717, 1.165) is 17.5 Å². The number of hydrogen-bond acceptors (Lipinski definition) is 3. The van der Waals surface area contributed by atoms with Crippen LogP contribution in [0.2, 0.25) is 0 Å². The van der Waals surface area contributed by atoms with Crippen LogP contribution in [0.15, 0.2) is 109 Å². The van der Waals surface area contributed by atoms with E-state index in [0.29, 0.717) is 5.56 Å². The fraction of sp³-hybridized carbons (Fsp3) is 0.0645. The predicted molar refractivity (Wildman–Crippen MR) is 145 cm³/mol. The topological polar surface area (TPSA) is 20.3 Å². The standard InChI is InChI=1S/C31H25NOS/c1-22-7-3-5-9-28(22)32(29-10-6-4-8-23(29)2)27-17-15-26(16-18-27)31-20-19-30(34-31)25-13-11-24(21-33)12-14-25/h3-21H,1-2H3. The Morgan fingerprint density at radius 2 is 1.06 bits per heavy atom. The highest BCUT2D eigenvalue weighted by atomic mass is 32.1. The molecule has 2 nitrogen and oxygen atoms in total. The van der Waals surface area contributed by atoms with E-state index in [2.05, 4.69) is 104 Å². The first kappa shape index (κ1) is 21.9. The van der Waals surface area contributed by atoms with Crippen molar-refractivity contribution in [3.05, 3.63) is 126 Å². The SMILES string of the molecule is Cc1ccccc1N(c1ccc(-c2ccc(-c3ccc(C=O)cc3)s2)cc1)c1ccccc1C. The average Bonchev–Trinajstić information content (AvgIpc) is 3.37. The molecule has 0 saturated heterocycles. The Kier molecular flexibility index (Phi) is 6.11. The largest absolute Gasteiger partial charge is 0.310 e. The van der Waals surface area contributed by atoms with Crippen LogP contribution in [0.25, 0.3) is 20.9 Å². The quantitative estimate of drug-likeness (QED) is 0.236. The molecule has 1 heterocycles. The van der Waals surface area contributed by atoms with E-state index < -0.39 is 0 Å². The van der Waals surface area contributed by atoms with Gasteiger partial charge >= 0.3 is 0 Å². The van der Waals surface area contributed by atoms with Gasteiger partial charge in [-0.1, -0.05) is 72.8 Å². The zero-order chi connectivity index (χ0) is 23.5. The van der Waals surface area contributed by atoms with Crippen molar-refractivity contribution < 1.29 is 4.79 Å². The van der Waals surface area contributed by atoms with Crippen molar-refractivity contribution in [1.29, 1.82) is 0 Å². The van der Waals surface area contributed by atoms with Gasteiger partial charge in [-0.15, -0.1) is 11.3 Å². The lowest BCUT2D eigenvalue weighted by Gasteiger charge is -2.28. The van der Waals surface area contributed by atoms with Crippen molar-refractivity contribution in [1.82, 2.24) is 0 Å². The van der Waals surface area contributed by atoms with Crippen LogP contribution in [0.3, 0.4) is 0 Å². The van der Waals surface area contributed by atoms with Gasteiger partial charge in [0, 0.05) is 32.4 Å². The molecule has 0 aliphatic carbocycles. The minimum atomic E-state index is 0.697. The predicted octanol–water partition coefficient (Wildman–Crippen LogP) is 8.98. The molecule has 3 heteroatoms. The second-order valence-corrected chi connectivity index (χ2v) is 9.44. The molecular formula is C31H25NOS. The summed E-state index contributed by atoms with van der Waals surface area (Å²) in [6.45, 7) is 4.31. The first-order valence-corrected chi connectivity index (χ1v) is 12.1. The van der Waals surface area contributed by atoms with Gasteiger partial charge in [0.2, 0.25) is 0 Å². The van der Waals surface area contributed by atoms with Crippen molar-refractivity contribution in [2.75, 3.05) is 4.90 Å². The fourth-order valence-electron chi connectivity index (χ4n) is 4.19. The number of benzene rings is 4. The number of hydrogen-bond donors (Lipinski definition) is 0. The van der Waals surface area contributed by atoms with Gasteiger partial charge in [0.15, 0.2) is 0 Å². The summed E-state index contributed by atoms with van der Waals surface area (Å²) in [5, 5.41) is 0. The summed E-state index contributed by atoms with van der Waals surface area (Å²) in [5.41, 5.74) is 8.99. The number of carbonyl (C=O) groups excluding carboxylic acids is 1. The van der Waals surface area contributed by atoms with Crippen LogP contribution in [-0.2, 0) is 0 Å². The van der Waals surface area contributed by atoms with Gasteiger partial charge in [0.05, 0.1) is 0 Å². The number of carbonyl (C=O) groups is 1. The second kappa shape index (κ2) is 9.50. The number of para-hydroxylation sites is 2. The van der Waals surface area contributed by atoms with Crippen LogP contribution < -0.4 is 4.90 Å². The third-order valence-corrected chi connectivity index (χ3v) is 7.24. The van der Waals surface area contributed by atoms with E-state index >= 15 is 0 Å². The van der Waals surface area contributed by atoms with Gasteiger partial charge in [-0.2, -0.15) is 0 Å². The van der Waals surface area contributed by atoms with Gasteiger partial charge in [-0.3, -0.25) is 4.79 Å². The molecule has 0 fully saturated rings. The van der Waals surface area contributed by atoms with Crippen LogP contribution >= 0.6 is 11.3 Å². The van der Waals surface area contributed by atoms with Crippen LogP contribution in [0, 0.1) is 13.8 Å². The molecule has 0 atom stereocenters. The number of anilines is 3. The molecule has 0 radical (unpaired) electrons. The summed E-state index contributed by atoms with van der Waals surface area (Å²) in [5.74, 6) is 0. The molecule has 0 saturated carbocycles. The van der Waals surface area contributed by atoms with Gasteiger partial charge in [-0.25, -0.2) is 0 Å². The summed E-state index contributed by atoms with van der Waals surface area (Å²) in [7, 11) is 0. The minimum Gasteiger partial charge on any atom is -0.310 e. The maximum Gasteiger partial charge on any atom is 0.150 e. The maximum atomic E-state index is 10.9. The molecule has 0 N–H and O–H groups in total. The lowest BCUT2D eigenvalue weighted by atomic mass is 10.1. The molecule has 0 aliphatic rings. The monoisotopic (exact) mass is 459 g/mol. The van der Waals surface area contributed by atoms with E-state index in [1.165, 1.54) is 37.8 Å². The van der Waals surface area contributed by atoms with Crippen LogP contribution in [-0.4, -0.2) is 6.29 Å². The number of aryl methyl sites for hydroxylation is 2. The highest BCUT2D eigenvalue weighted by molar-refractivity contribution is 7.18. The average molecular weight is 460 g/mol. The van der Waals surface area contributed by atoms with Gasteiger partial charge in [0.1, 0.15) is 6.29 Å². The first-order chi connectivity index (χ1) is 16.6. The summed E-state index contributed by atoms with van der Waals surface area (Å²) >= 11 is 1.76. The van der Waals surface area contributed by atoms with Gasteiger partial charge < -0.3 is 4.90 Å². The Balaban J connectivity index is 1.49. The molecule has 0 bridgehead atoms. The Morgan fingerprint density at radius 1 is 0.588 bits per heavy atom. The summed E-state index contributed by atoms with van der Waals surface area (Å²) in [6, 6.07) is 37.9. The van der Waals surface area contributed by atoms with E-state index in [9.17, 15) is 4.79 Å². The molecule has 5 aromatic rings. The molecule has 166 valence electrons. The molecule has 0 aliphatic heterocycles. The van der Waals surface area contributed by atoms with Crippen molar-refractivity contribution in [2.24, 2.45) is 0 Å². The molecule has 0 spiro atoms. The van der Waals surface area contributed by atoms with E-state index in [1.807, 2.05) is 24.3 Å². The molecule has 5 rings (SSSR count). The Bertz CT molecular complexity index is 1390. The summed E-state index contributed by atoms with van der Waals surface area (Å²) < 4.78 is 0. The molecule has 4 aromatic carbocycles. The zero-order valence-electron chi connectivity index (χ0n) is 19.2. The second-order valence-electron chi connectivity index (χ2n) is 8.36. The van der Waals surface area contributed by atoms with Crippen LogP contribution in [0.5, 0.6) is 0 Å². The third-order valence-electron chi connectivity index (χ3n) is 6.06. The normalized spacial score (nSPS) is 10.8. The van der Waals surface area contributed by atoms with E-state index in [-0.39, 0.29) is 0 Å². The van der Waals surface area contributed by atoms with Crippen molar-refractivity contribution >= 4 is 34.7 Å². The zero-order valence-corrected chi connectivity index (χ0v) is 20.0. The Hall–Kier alpha value is -3.95. The van der Waals surface area contributed by atoms with Crippen molar-refractivity contribution in [3.8, 4) is 20.9 Å². The number of aldehydes is 1. The molecule has 0 unspecified atom stereocenters.